The summed E-state index contributed by atoms with van der Waals surface area (Å²) in [6.45, 7) is 3.36. The molecule has 0 radical (unpaired) electrons. The van der Waals surface area contributed by atoms with Gasteiger partial charge in [-0.05, 0) is 24.0 Å². The molecule has 1 saturated heterocycles. The normalized spacial score (nSPS) is 22.0. The van der Waals surface area contributed by atoms with E-state index in [1.165, 1.54) is 11.1 Å². The average Bonchev–Trinajstić information content (AvgIpc) is 2.71. The lowest BCUT2D eigenvalue weighted by molar-refractivity contribution is 0.170. The van der Waals surface area contributed by atoms with Crippen LogP contribution in [0.25, 0.3) is 0 Å². The van der Waals surface area contributed by atoms with Gasteiger partial charge >= 0.3 is 7.12 Å². The van der Waals surface area contributed by atoms with Crippen molar-refractivity contribution >= 4 is 7.12 Å². The van der Waals surface area contributed by atoms with Crippen molar-refractivity contribution in [1.29, 1.82) is 0 Å². The summed E-state index contributed by atoms with van der Waals surface area (Å²) in [5.74, 6) is 0.491. The van der Waals surface area contributed by atoms with Gasteiger partial charge in [-0.2, -0.15) is 0 Å². The number of fused-ring (bicyclic) bond motifs is 1. The zero-order valence-electron chi connectivity index (χ0n) is 10.0. The predicted molar refractivity (Wildman–Crippen MR) is 68.1 cm³/mol. The van der Waals surface area contributed by atoms with Crippen molar-refractivity contribution in [1.82, 2.24) is 5.32 Å². The molecule has 0 aromatic heterocycles. The van der Waals surface area contributed by atoms with Crippen LogP contribution in [0.2, 0.25) is 5.82 Å². The molecule has 0 atom stereocenters. The van der Waals surface area contributed by atoms with E-state index < -0.39 is 0 Å². The highest BCUT2D eigenvalue weighted by atomic mass is 16.6. The zero-order valence-corrected chi connectivity index (χ0v) is 10.0. The summed E-state index contributed by atoms with van der Waals surface area (Å²) in [6, 6.07) is 8.68. The third kappa shape index (κ3) is 2.54. The van der Waals surface area contributed by atoms with Crippen molar-refractivity contribution < 1.29 is 9.31 Å². The average molecular weight is 231 g/mol. The van der Waals surface area contributed by atoms with E-state index in [1.807, 2.05) is 0 Å². The first-order valence-corrected chi connectivity index (χ1v) is 6.44. The van der Waals surface area contributed by atoms with Crippen molar-refractivity contribution in [2.75, 3.05) is 26.3 Å². The molecule has 0 saturated carbocycles. The summed E-state index contributed by atoms with van der Waals surface area (Å²) in [4.78, 5) is 0. The molecule has 1 heterocycles. The van der Waals surface area contributed by atoms with Gasteiger partial charge in [-0.3, -0.25) is 0 Å². The first-order chi connectivity index (χ1) is 8.43. The van der Waals surface area contributed by atoms with Gasteiger partial charge in [0.15, 0.2) is 0 Å². The SMILES string of the molecule is c1ccc2c(c1)CC(B1OCCNCCO1)C2. The minimum absolute atomic E-state index is 0.0236. The number of nitrogens with one attached hydrogen (secondary N) is 1. The Balaban J connectivity index is 1.66. The Morgan fingerprint density at radius 3 is 2.18 bits per heavy atom. The lowest BCUT2D eigenvalue weighted by Crippen LogP contribution is -2.38. The molecule has 1 fully saturated rings. The van der Waals surface area contributed by atoms with Crippen LogP contribution in [0.15, 0.2) is 24.3 Å². The Morgan fingerprint density at radius 1 is 1.00 bits per heavy atom. The highest BCUT2D eigenvalue weighted by Crippen LogP contribution is 2.33. The fourth-order valence-electron chi connectivity index (χ4n) is 2.73. The van der Waals surface area contributed by atoms with Crippen LogP contribution in [0, 0.1) is 0 Å². The van der Waals surface area contributed by atoms with E-state index >= 15 is 0 Å². The molecule has 1 aromatic rings. The molecule has 0 bridgehead atoms. The third-order valence-corrected chi connectivity index (χ3v) is 3.59. The Hall–Kier alpha value is -0.835. The van der Waals surface area contributed by atoms with Crippen molar-refractivity contribution in [2.24, 2.45) is 0 Å². The standard InChI is InChI=1S/C13H18BNO2/c1-2-4-12-10-13(9-11(12)3-1)14-16-7-5-15-6-8-17-14/h1-4,13,15H,5-10H2. The second-order valence-electron chi connectivity index (χ2n) is 4.80. The van der Waals surface area contributed by atoms with E-state index in [0.29, 0.717) is 5.82 Å². The maximum Gasteiger partial charge on any atom is 0.460 e. The number of hydrogen-bond donors (Lipinski definition) is 1. The minimum atomic E-state index is -0.0236. The van der Waals surface area contributed by atoms with Gasteiger partial charge in [0.05, 0.1) is 0 Å². The highest BCUT2D eigenvalue weighted by molar-refractivity contribution is 6.46. The van der Waals surface area contributed by atoms with Crippen molar-refractivity contribution in [3.05, 3.63) is 35.4 Å². The lowest BCUT2D eigenvalue weighted by atomic mass is 9.69. The Morgan fingerprint density at radius 2 is 1.59 bits per heavy atom. The zero-order chi connectivity index (χ0) is 11.5. The molecule has 4 heteroatoms. The second kappa shape index (κ2) is 5.21. The van der Waals surface area contributed by atoms with Gasteiger partial charge in [0, 0.05) is 32.1 Å². The smallest absolute Gasteiger partial charge is 0.410 e. The molecular formula is C13H18BNO2. The molecular weight excluding hydrogens is 213 g/mol. The maximum atomic E-state index is 5.81. The molecule has 2 aliphatic rings. The van der Waals surface area contributed by atoms with E-state index in [9.17, 15) is 0 Å². The lowest BCUT2D eigenvalue weighted by Gasteiger charge is -2.22. The molecule has 17 heavy (non-hydrogen) atoms. The summed E-state index contributed by atoms with van der Waals surface area (Å²) in [5.41, 5.74) is 2.93. The van der Waals surface area contributed by atoms with Crippen LogP contribution >= 0.6 is 0 Å². The van der Waals surface area contributed by atoms with Crippen LogP contribution in [0.1, 0.15) is 11.1 Å². The quantitative estimate of drug-likeness (QED) is 0.738. The van der Waals surface area contributed by atoms with E-state index in [2.05, 4.69) is 29.6 Å². The molecule has 0 unspecified atom stereocenters. The molecule has 1 aliphatic heterocycles. The van der Waals surface area contributed by atoms with E-state index in [1.54, 1.807) is 0 Å². The van der Waals surface area contributed by atoms with Crippen molar-refractivity contribution in [3.63, 3.8) is 0 Å². The first kappa shape index (κ1) is 11.3. The summed E-state index contributed by atoms with van der Waals surface area (Å²) < 4.78 is 11.6. The second-order valence-corrected chi connectivity index (χ2v) is 4.80. The summed E-state index contributed by atoms with van der Waals surface area (Å²) in [5, 5.41) is 3.27. The Labute approximate surface area is 103 Å². The van der Waals surface area contributed by atoms with Crippen LogP contribution in [0.3, 0.4) is 0 Å². The molecule has 0 amide bonds. The monoisotopic (exact) mass is 231 g/mol. The van der Waals surface area contributed by atoms with Gasteiger partial charge in [-0.15, -0.1) is 0 Å². The van der Waals surface area contributed by atoms with Gasteiger partial charge in [-0.1, -0.05) is 24.3 Å². The predicted octanol–water partition coefficient (Wildman–Crippen LogP) is 1.28. The van der Waals surface area contributed by atoms with Gasteiger partial charge in [-0.25, -0.2) is 0 Å². The fraction of sp³-hybridized carbons (Fsp3) is 0.538. The number of rotatable bonds is 1. The Kier molecular flexibility index (Phi) is 3.45. The van der Waals surface area contributed by atoms with Gasteiger partial charge in [0.25, 0.3) is 0 Å². The first-order valence-electron chi connectivity index (χ1n) is 6.44. The van der Waals surface area contributed by atoms with Crippen LogP contribution in [0.5, 0.6) is 0 Å². The third-order valence-electron chi connectivity index (χ3n) is 3.59. The van der Waals surface area contributed by atoms with Gasteiger partial charge in [0.2, 0.25) is 0 Å². The molecule has 1 N–H and O–H groups in total. The summed E-state index contributed by atoms with van der Waals surface area (Å²) in [7, 11) is -0.0236. The number of benzene rings is 1. The molecule has 3 nitrogen and oxygen atoms in total. The largest absolute Gasteiger partial charge is 0.460 e. The van der Waals surface area contributed by atoms with E-state index in [-0.39, 0.29) is 7.12 Å². The fourth-order valence-corrected chi connectivity index (χ4v) is 2.73. The maximum absolute atomic E-state index is 5.81. The minimum Gasteiger partial charge on any atom is -0.410 e. The van der Waals surface area contributed by atoms with Crippen molar-refractivity contribution in [2.45, 2.75) is 18.7 Å². The molecule has 3 rings (SSSR count). The molecule has 1 aliphatic carbocycles. The Bertz CT molecular complexity index is 352. The number of hydrogen-bond acceptors (Lipinski definition) is 3. The molecule has 0 spiro atoms. The van der Waals surface area contributed by atoms with Gasteiger partial charge in [0.1, 0.15) is 0 Å². The molecule has 90 valence electrons. The topological polar surface area (TPSA) is 30.5 Å². The van der Waals surface area contributed by atoms with Crippen LogP contribution in [0.4, 0.5) is 0 Å². The van der Waals surface area contributed by atoms with Gasteiger partial charge < -0.3 is 14.6 Å². The van der Waals surface area contributed by atoms with E-state index in [0.717, 1.165) is 39.1 Å². The van der Waals surface area contributed by atoms with E-state index in [4.69, 9.17) is 9.31 Å². The highest BCUT2D eigenvalue weighted by Gasteiger charge is 2.35. The van der Waals surface area contributed by atoms with Crippen LogP contribution in [-0.2, 0) is 22.2 Å². The van der Waals surface area contributed by atoms with Crippen LogP contribution in [-0.4, -0.2) is 33.4 Å². The van der Waals surface area contributed by atoms with Crippen LogP contribution < -0.4 is 5.32 Å². The summed E-state index contributed by atoms with van der Waals surface area (Å²) >= 11 is 0. The van der Waals surface area contributed by atoms with Crippen molar-refractivity contribution in [3.8, 4) is 0 Å². The summed E-state index contributed by atoms with van der Waals surface area (Å²) in [6.07, 6.45) is 2.18. The molecule has 1 aromatic carbocycles.